The molecule has 1 fully saturated rings. The summed E-state index contributed by atoms with van der Waals surface area (Å²) in [6, 6.07) is 6.27. The Kier molecular flexibility index (Phi) is 4.58. The van der Waals surface area contributed by atoms with Crippen molar-refractivity contribution in [3.05, 3.63) is 29.3 Å². The molecule has 0 aliphatic carbocycles. The number of nitrogens with zero attached hydrogens (tertiary/aromatic N) is 1. The average molecular weight is 250 g/mol. The van der Waals surface area contributed by atoms with Crippen molar-refractivity contribution < 1.29 is 9.47 Å². The van der Waals surface area contributed by atoms with Crippen LogP contribution in [-0.2, 0) is 17.8 Å². The molecule has 2 N–H and O–H groups in total. The smallest absolute Gasteiger partial charge is 0.123 e. The number of benzene rings is 1. The topological polar surface area (TPSA) is 47.7 Å². The van der Waals surface area contributed by atoms with Gasteiger partial charge >= 0.3 is 0 Å². The molecule has 0 radical (unpaired) electrons. The van der Waals surface area contributed by atoms with Crippen molar-refractivity contribution in [3.8, 4) is 5.75 Å². The second-order valence-electron chi connectivity index (χ2n) is 4.73. The van der Waals surface area contributed by atoms with E-state index < -0.39 is 0 Å². The van der Waals surface area contributed by atoms with Crippen LogP contribution >= 0.6 is 0 Å². The van der Waals surface area contributed by atoms with Crippen molar-refractivity contribution in [2.45, 2.75) is 25.6 Å². The Morgan fingerprint density at radius 1 is 1.39 bits per heavy atom. The minimum absolute atomic E-state index is 0.384. The van der Waals surface area contributed by atoms with E-state index >= 15 is 0 Å². The molecule has 18 heavy (non-hydrogen) atoms. The van der Waals surface area contributed by atoms with Crippen molar-refractivity contribution in [1.29, 1.82) is 0 Å². The zero-order chi connectivity index (χ0) is 13.0. The molecule has 2 rings (SSSR count). The van der Waals surface area contributed by atoms with E-state index in [1.54, 1.807) is 14.2 Å². The van der Waals surface area contributed by atoms with Gasteiger partial charge < -0.3 is 15.2 Å². The van der Waals surface area contributed by atoms with Gasteiger partial charge in [-0.25, -0.2) is 0 Å². The van der Waals surface area contributed by atoms with E-state index in [0.717, 1.165) is 37.4 Å². The van der Waals surface area contributed by atoms with Gasteiger partial charge in [-0.2, -0.15) is 0 Å². The Morgan fingerprint density at radius 2 is 2.22 bits per heavy atom. The minimum Gasteiger partial charge on any atom is -0.496 e. The predicted octanol–water partition coefficient (Wildman–Crippen LogP) is 1.37. The first kappa shape index (κ1) is 13.3. The number of likely N-dealkylation sites (tertiary alicyclic amines) is 1. The summed E-state index contributed by atoms with van der Waals surface area (Å²) in [5, 5.41) is 0. The van der Waals surface area contributed by atoms with Gasteiger partial charge in [0.25, 0.3) is 0 Å². The maximum absolute atomic E-state index is 5.67. The van der Waals surface area contributed by atoms with Crippen LogP contribution in [0.4, 0.5) is 0 Å². The highest BCUT2D eigenvalue weighted by atomic mass is 16.5. The van der Waals surface area contributed by atoms with E-state index in [2.05, 4.69) is 23.1 Å². The number of hydrogen-bond acceptors (Lipinski definition) is 4. The lowest BCUT2D eigenvalue weighted by Crippen LogP contribution is -2.22. The first-order valence-corrected chi connectivity index (χ1v) is 6.37. The van der Waals surface area contributed by atoms with Gasteiger partial charge in [0.05, 0.1) is 13.2 Å². The summed E-state index contributed by atoms with van der Waals surface area (Å²) in [4.78, 5) is 2.41. The zero-order valence-electron chi connectivity index (χ0n) is 11.2. The van der Waals surface area contributed by atoms with Crippen LogP contribution in [0, 0.1) is 0 Å². The SMILES string of the molecule is COc1cc(CN2CCC(OC)C2)ccc1CN. The molecule has 1 aromatic carbocycles. The Labute approximate surface area is 109 Å². The number of ether oxygens (including phenoxy) is 2. The van der Waals surface area contributed by atoms with Crippen molar-refractivity contribution in [1.82, 2.24) is 4.90 Å². The number of hydrogen-bond donors (Lipinski definition) is 1. The molecule has 0 saturated carbocycles. The van der Waals surface area contributed by atoms with E-state index in [1.807, 2.05) is 0 Å². The largest absolute Gasteiger partial charge is 0.496 e. The molecule has 0 aromatic heterocycles. The lowest BCUT2D eigenvalue weighted by Gasteiger charge is -2.17. The highest BCUT2D eigenvalue weighted by Gasteiger charge is 2.21. The van der Waals surface area contributed by atoms with Crippen molar-refractivity contribution in [3.63, 3.8) is 0 Å². The molecule has 1 heterocycles. The highest BCUT2D eigenvalue weighted by Crippen LogP contribution is 2.22. The van der Waals surface area contributed by atoms with Crippen LogP contribution in [0.15, 0.2) is 18.2 Å². The summed E-state index contributed by atoms with van der Waals surface area (Å²) in [6.07, 6.45) is 1.50. The molecule has 100 valence electrons. The van der Waals surface area contributed by atoms with Crippen molar-refractivity contribution >= 4 is 0 Å². The standard InChI is InChI=1S/C14H22N2O2/c1-17-13-5-6-16(10-13)9-11-3-4-12(8-15)14(7-11)18-2/h3-4,7,13H,5-6,8-10,15H2,1-2H3. The van der Waals surface area contributed by atoms with E-state index in [0.29, 0.717) is 12.6 Å². The molecule has 1 aliphatic rings. The van der Waals surface area contributed by atoms with Crippen LogP contribution < -0.4 is 10.5 Å². The molecule has 0 spiro atoms. The summed E-state index contributed by atoms with van der Waals surface area (Å²) in [7, 11) is 3.47. The fourth-order valence-electron chi connectivity index (χ4n) is 2.45. The number of rotatable bonds is 5. The monoisotopic (exact) mass is 250 g/mol. The number of nitrogens with two attached hydrogens (primary N) is 1. The van der Waals surface area contributed by atoms with Crippen LogP contribution in [0.5, 0.6) is 5.75 Å². The zero-order valence-corrected chi connectivity index (χ0v) is 11.2. The lowest BCUT2D eigenvalue weighted by atomic mass is 10.1. The maximum Gasteiger partial charge on any atom is 0.123 e. The molecule has 0 amide bonds. The lowest BCUT2D eigenvalue weighted by molar-refractivity contribution is 0.107. The Morgan fingerprint density at radius 3 is 2.83 bits per heavy atom. The molecule has 1 aliphatic heterocycles. The predicted molar refractivity (Wildman–Crippen MR) is 71.6 cm³/mol. The normalized spacial score (nSPS) is 20.3. The van der Waals surface area contributed by atoms with E-state index in [4.69, 9.17) is 15.2 Å². The first-order chi connectivity index (χ1) is 8.76. The molecule has 1 atom stereocenters. The molecule has 0 bridgehead atoms. The summed E-state index contributed by atoms with van der Waals surface area (Å²) in [5.74, 6) is 0.887. The quantitative estimate of drug-likeness (QED) is 0.857. The average Bonchev–Trinajstić information content (AvgIpc) is 2.86. The second kappa shape index (κ2) is 6.18. The third-order valence-electron chi connectivity index (χ3n) is 3.54. The van der Waals surface area contributed by atoms with Crippen LogP contribution in [0.1, 0.15) is 17.5 Å². The van der Waals surface area contributed by atoms with Crippen LogP contribution in [0.2, 0.25) is 0 Å². The summed E-state index contributed by atoms with van der Waals surface area (Å²) in [6.45, 7) is 3.57. The molecular weight excluding hydrogens is 228 g/mol. The van der Waals surface area contributed by atoms with Gasteiger partial charge in [0, 0.05) is 38.9 Å². The van der Waals surface area contributed by atoms with Crippen molar-refractivity contribution in [2.75, 3.05) is 27.3 Å². The van der Waals surface area contributed by atoms with E-state index in [1.165, 1.54) is 5.56 Å². The van der Waals surface area contributed by atoms with E-state index in [-0.39, 0.29) is 0 Å². The summed E-state index contributed by atoms with van der Waals surface area (Å²) < 4.78 is 10.7. The van der Waals surface area contributed by atoms with Gasteiger partial charge in [0.1, 0.15) is 5.75 Å². The van der Waals surface area contributed by atoms with Gasteiger partial charge in [0.15, 0.2) is 0 Å². The van der Waals surface area contributed by atoms with Crippen molar-refractivity contribution in [2.24, 2.45) is 5.73 Å². The fraction of sp³-hybridized carbons (Fsp3) is 0.571. The summed E-state index contributed by atoms with van der Waals surface area (Å²) in [5.41, 5.74) is 7.99. The minimum atomic E-state index is 0.384. The molecule has 1 saturated heterocycles. The van der Waals surface area contributed by atoms with Gasteiger partial charge in [-0.3, -0.25) is 4.90 Å². The molecule has 1 aromatic rings. The Hall–Kier alpha value is -1.10. The molecule has 1 unspecified atom stereocenters. The van der Waals surface area contributed by atoms with Gasteiger partial charge in [-0.15, -0.1) is 0 Å². The molecule has 4 heteroatoms. The molecule has 4 nitrogen and oxygen atoms in total. The van der Waals surface area contributed by atoms with Crippen LogP contribution in [-0.4, -0.2) is 38.3 Å². The Balaban J connectivity index is 2.01. The Bertz CT molecular complexity index is 395. The summed E-state index contributed by atoms with van der Waals surface area (Å²) >= 11 is 0. The van der Waals surface area contributed by atoms with Gasteiger partial charge in [-0.05, 0) is 18.1 Å². The van der Waals surface area contributed by atoms with Crippen LogP contribution in [0.3, 0.4) is 0 Å². The van der Waals surface area contributed by atoms with E-state index in [9.17, 15) is 0 Å². The van der Waals surface area contributed by atoms with Gasteiger partial charge in [0.2, 0.25) is 0 Å². The fourth-order valence-corrected chi connectivity index (χ4v) is 2.45. The van der Waals surface area contributed by atoms with Crippen LogP contribution in [0.25, 0.3) is 0 Å². The maximum atomic E-state index is 5.67. The first-order valence-electron chi connectivity index (χ1n) is 6.37. The number of methoxy groups -OCH3 is 2. The highest BCUT2D eigenvalue weighted by molar-refractivity contribution is 5.37. The van der Waals surface area contributed by atoms with Gasteiger partial charge in [-0.1, -0.05) is 12.1 Å². The second-order valence-corrected chi connectivity index (χ2v) is 4.73. The third kappa shape index (κ3) is 3.02. The third-order valence-corrected chi connectivity index (χ3v) is 3.54. The molecular formula is C14H22N2O2.